The van der Waals surface area contributed by atoms with Crippen LogP contribution in [-0.2, 0) is 4.74 Å². The van der Waals surface area contributed by atoms with E-state index in [2.05, 4.69) is 4.98 Å². The van der Waals surface area contributed by atoms with E-state index in [1.165, 1.54) is 0 Å². The molecular formula is C9H13NO2. The zero-order valence-corrected chi connectivity index (χ0v) is 7.63. The molecule has 0 amide bonds. The Bertz CT molecular complexity index is 240. The molecule has 0 aliphatic rings. The summed E-state index contributed by atoms with van der Waals surface area (Å²) in [5.41, 5.74) is 1.98. The van der Waals surface area contributed by atoms with Crippen LogP contribution in [0.15, 0.2) is 12.3 Å². The van der Waals surface area contributed by atoms with Crippen molar-refractivity contribution in [1.82, 2.24) is 4.98 Å². The summed E-state index contributed by atoms with van der Waals surface area (Å²) in [6.45, 7) is 4.17. The topological polar surface area (TPSA) is 31.4 Å². The Morgan fingerprint density at radius 1 is 1.42 bits per heavy atom. The van der Waals surface area contributed by atoms with E-state index >= 15 is 0 Å². The first kappa shape index (κ1) is 9.00. The summed E-state index contributed by atoms with van der Waals surface area (Å²) in [7, 11) is 1.60. The van der Waals surface area contributed by atoms with Gasteiger partial charge in [-0.25, -0.2) is 0 Å². The van der Waals surface area contributed by atoms with E-state index in [0.29, 0.717) is 0 Å². The molecule has 3 heteroatoms. The summed E-state index contributed by atoms with van der Waals surface area (Å²) in [5.74, 6) is 0.819. The van der Waals surface area contributed by atoms with Crippen molar-refractivity contribution in [1.29, 1.82) is 0 Å². The molecule has 0 aliphatic heterocycles. The first-order chi connectivity index (χ1) is 5.75. The van der Waals surface area contributed by atoms with Gasteiger partial charge in [0.2, 0.25) is 0 Å². The van der Waals surface area contributed by atoms with Crippen molar-refractivity contribution in [2.24, 2.45) is 0 Å². The van der Waals surface area contributed by atoms with Gasteiger partial charge in [-0.05, 0) is 25.5 Å². The second-order valence-electron chi connectivity index (χ2n) is 2.59. The number of aryl methyl sites for hydroxylation is 2. The Balaban J connectivity index is 2.81. The minimum atomic E-state index is 0.271. The number of methoxy groups -OCH3 is 1. The second kappa shape index (κ2) is 4.07. The molecule has 0 atom stereocenters. The maximum atomic E-state index is 5.33. The molecule has 1 rings (SSSR count). The highest BCUT2D eigenvalue weighted by atomic mass is 16.7. The quantitative estimate of drug-likeness (QED) is 0.642. The molecule has 0 aromatic carbocycles. The Kier molecular flexibility index (Phi) is 3.05. The van der Waals surface area contributed by atoms with Gasteiger partial charge in [0.05, 0.1) is 5.69 Å². The van der Waals surface area contributed by atoms with Crippen molar-refractivity contribution in [2.75, 3.05) is 13.9 Å². The molecule has 1 aromatic rings. The van der Waals surface area contributed by atoms with Gasteiger partial charge in [0.15, 0.2) is 6.79 Å². The summed E-state index contributed by atoms with van der Waals surface area (Å²) in [6, 6.07) is 1.91. The summed E-state index contributed by atoms with van der Waals surface area (Å²) in [4.78, 5) is 4.11. The summed E-state index contributed by atoms with van der Waals surface area (Å²) >= 11 is 0. The van der Waals surface area contributed by atoms with E-state index in [1.807, 2.05) is 19.9 Å². The largest absolute Gasteiger partial charge is 0.465 e. The molecule has 1 aromatic heterocycles. The van der Waals surface area contributed by atoms with Gasteiger partial charge in [-0.2, -0.15) is 0 Å². The molecule has 12 heavy (non-hydrogen) atoms. The number of aromatic nitrogens is 1. The fourth-order valence-electron chi connectivity index (χ4n) is 1.02. The van der Waals surface area contributed by atoms with Gasteiger partial charge in [0.25, 0.3) is 0 Å². The average Bonchev–Trinajstić information content (AvgIpc) is 2.04. The minimum Gasteiger partial charge on any atom is -0.465 e. The van der Waals surface area contributed by atoms with Crippen LogP contribution in [0.2, 0.25) is 0 Å². The zero-order chi connectivity index (χ0) is 8.97. The fourth-order valence-corrected chi connectivity index (χ4v) is 1.02. The summed E-state index contributed by atoms with van der Waals surface area (Å²) < 4.78 is 10.1. The van der Waals surface area contributed by atoms with Crippen molar-refractivity contribution >= 4 is 0 Å². The van der Waals surface area contributed by atoms with Gasteiger partial charge in [0, 0.05) is 13.3 Å². The molecule has 66 valence electrons. The molecule has 0 saturated heterocycles. The lowest BCUT2D eigenvalue weighted by atomic mass is 10.2. The van der Waals surface area contributed by atoms with E-state index in [-0.39, 0.29) is 6.79 Å². The molecule has 0 bridgehead atoms. The van der Waals surface area contributed by atoms with Gasteiger partial charge in [-0.3, -0.25) is 4.98 Å². The molecule has 3 nitrogen and oxygen atoms in total. The van der Waals surface area contributed by atoms with Crippen LogP contribution >= 0.6 is 0 Å². The van der Waals surface area contributed by atoms with Crippen molar-refractivity contribution < 1.29 is 9.47 Å². The van der Waals surface area contributed by atoms with E-state index in [9.17, 15) is 0 Å². The lowest BCUT2D eigenvalue weighted by Gasteiger charge is -2.09. The third-order valence-electron chi connectivity index (χ3n) is 1.60. The monoisotopic (exact) mass is 167 g/mol. The standard InChI is InChI=1S/C9H13NO2/c1-7-4-5-10-8(2)9(7)12-6-11-3/h4-5H,6H2,1-3H3. The van der Waals surface area contributed by atoms with Crippen LogP contribution in [0.3, 0.4) is 0 Å². The van der Waals surface area contributed by atoms with Gasteiger partial charge < -0.3 is 9.47 Å². The van der Waals surface area contributed by atoms with Crippen molar-refractivity contribution in [3.8, 4) is 5.75 Å². The van der Waals surface area contributed by atoms with Gasteiger partial charge in [-0.15, -0.1) is 0 Å². The zero-order valence-electron chi connectivity index (χ0n) is 7.63. The minimum absolute atomic E-state index is 0.271. The second-order valence-corrected chi connectivity index (χ2v) is 2.59. The number of hydrogen-bond donors (Lipinski definition) is 0. The normalized spacial score (nSPS) is 9.92. The highest BCUT2D eigenvalue weighted by molar-refractivity contribution is 5.34. The van der Waals surface area contributed by atoms with Crippen LogP contribution in [0.1, 0.15) is 11.3 Å². The molecule has 0 spiro atoms. The van der Waals surface area contributed by atoms with Crippen molar-refractivity contribution in [3.05, 3.63) is 23.5 Å². The number of nitrogens with zero attached hydrogens (tertiary/aromatic N) is 1. The Morgan fingerprint density at radius 2 is 2.17 bits per heavy atom. The van der Waals surface area contributed by atoms with Crippen molar-refractivity contribution in [3.63, 3.8) is 0 Å². The molecule has 1 heterocycles. The van der Waals surface area contributed by atoms with Crippen LogP contribution in [0.4, 0.5) is 0 Å². The lowest BCUT2D eigenvalue weighted by molar-refractivity contribution is 0.0498. The van der Waals surface area contributed by atoms with E-state index < -0.39 is 0 Å². The number of hydrogen-bond acceptors (Lipinski definition) is 3. The molecule has 0 N–H and O–H groups in total. The SMILES string of the molecule is COCOc1c(C)ccnc1C. The number of rotatable bonds is 3. The number of pyridine rings is 1. The lowest BCUT2D eigenvalue weighted by Crippen LogP contribution is -2.02. The number of ether oxygens (including phenoxy) is 2. The van der Waals surface area contributed by atoms with Crippen LogP contribution in [0.5, 0.6) is 5.75 Å². The Hall–Kier alpha value is -1.09. The predicted molar refractivity (Wildman–Crippen MR) is 46.2 cm³/mol. The van der Waals surface area contributed by atoms with E-state index in [0.717, 1.165) is 17.0 Å². The van der Waals surface area contributed by atoms with Crippen LogP contribution in [-0.4, -0.2) is 18.9 Å². The van der Waals surface area contributed by atoms with Crippen LogP contribution in [0, 0.1) is 13.8 Å². The average molecular weight is 167 g/mol. The highest BCUT2D eigenvalue weighted by Gasteiger charge is 2.02. The van der Waals surface area contributed by atoms with Gasteiger partial charge in [0.1, 0.15) is 5.75 Å². The molecule has 0 unspecified atom stereocenters. The molecule has 0 radical (unpaired) electrons. The smallest absolute Gasteiger partial charge is 0.188 e. The fraction of sp³-hybridized carbons (Fsp3) is 0.444. The molecule has 0 saturated carbocycles. The highest BCUT2D eigenvalue weighted by Crippen LogP contribution is 2.19. The van der Waals surface area contributed by atoms with Crippen LogP contribution < -0.4 is 4.74 Å². The predicted octanol–water partition coefficient (Wildman–Crippen LogP) is 1.68. The third-order valence-corrected chi connectivity index (χ3v) is 1.60. The van der Waals surface area contributed by atoms with E-state index in [4.69, 9.17) is 9.47 Å². The maximum absolute atomic E-state index is 5.33. The molecular weight excluding hydrogens is 154 g/mol. The Morgan fingerprint density at radius 3 is 2.75 bits per heavy atom. The summed E-state index contributed by atoms with van der Waals surface area (Å²) in [5, 5.41) is 0. The van der Waals surface area contributed by atoms with Gasteiger partial charge >= 0.3 is 0 Å². The molecule has 0 fully saturated rings. The van der Waals surface area contributed by atoms with Gasteiger partial charge in [-0.1, -0.05) is 0 Å². The van der Waals surface area contributed by atoms with Crippen LogP contribution in [0.25, 0.3) is 0 Å². The first-order valence-corrected chi connectivity index (χ1v) is 3.79. The molecule has 0 aliphatic carbocycles. The summed E-state index contributed by atoms with van der Waals surface area (Å²) in [6.07, 6.45) is 1.77. The maximum Gasteiger partial charge on any atom is 0.188 e. The first-order valence-electron chi connectivity index (χ1n) is 3.79. The van der Waals surface area contributed by atoms with E-state index in [1.54, 1.807) is 13.3 Å². The van der Waals surface area contributed by atoms with Crippen molar-refractivity contribution in [2.45, 2.75) is 13.8 Å². The Labute approximate surface area is 72.3 Å². The third kappa shape index (κ3) is 1.95.